The van der Waals surface area contributed by atoms with Gasteiger partial charge in [0.15, 0.2) is 0 Å². The van der Waals surface area contributed by atoms with E-state index in [-0.39, 0.29) is 12.3 Å². The molecule has 2 atom stereocenters. The fraction of sp³-hybridized carbons (Fsp3) is 1.00. The molecule has 1 aliphatic rings. The lowest BCUT2D eigenvalue weighted by Crippen LogP contribution is -2.81. The van der Waals surface area contributed by atoms with Crippen molar-refractivity contribution >= 4 is 0 Å². The average Bonchev–Trinajstić information content (AvgIpc) is 1.84. The monoisotopic (exact) mass is 146 g/mol. The summed E-state index contributed by atoms with van der Waals surface area (Å²) in [6, 6.07) is 0. The molecule has 0 bridgehead atoms. The van der Waals surface area contributed by atoms with Crippen LogP contribution in [-0.2, 0) is 0 Å². The lowest BCUT2D eigenvalue weighted by Gasteiger charge is -2.42. The van der Waals surface area contributed by atoms with Crippen molar-refractivity contribution in [2.45, 2.75) is 24.8 Å². The first kappa shape index (κ1) is 7.86. The third kappa shape index (κ3) is 1.12. The van der Waals surface area contributed by atoms with Gasteiger partial charge in [-0.3, -0.25) is 0 Å². The summed E-state index contributed by atoms with van der Waals surface area (Å²) in [5.74, 6) is 0. The van der Waals surface area contributed by atoms with E-state index in [4.69, 9.17) is 17.2 Å². The zero-order valence-corrected chi connectivity index (χ0v) is 5.89. The highest BCUT2D eigenvalue weighted by atomic mass is 15.7. The van der Waals surface area contributed by atoms with Gasteiger partial charge in [-0.05, 0) is 6.92 Å². The molecule has 0 radical (unpaired) electrons. The van der Waals surface area contributed by atoms with Gasteiger partial charge in [0, 0.05) is 0 Å². The van der Waals surface area contributed by atoms with Crippen molar-refractivity contribution < 1.29 is 0 Å². The second kappa shape index (κ2) is 2.42. The van der Waals surface area contributed by atoms with Gasteiger partial charge in [-0.25, -0.2) is 10.9 Å². The van der Waals surface area contributed by atoms with Gasteiger partial charge in [0.05, 0.1) is 17.9 Å². The smallest absolute Gasteiger partial charge is 0.0900 e. The molecule has 1 saturated heterocycles. The minimum Gasteiger partial charge on any atom is -0.320 e. The van der Waals surface area contributed by atoms with Gasteiger partial charge in [-0.2, -0.15) is 5.53 Å². The van der Waals surface area contributed by atoms with Crippen molar-refractivity contribution in [1.82, 2.24) is 16.4 Å². The zero-order chi connectivity index (χ0) is 7.78. The third-order valence-corrected chi connectivity index (χ3v) is 1.80. The summed E-state index contributed by atoms with van der Waals surface area (Å²) in [4.78, 5) is 0. The summed E-state index contributed by atoms with van der Waals surface area (Å²) in [5.41, 5.74) is 24.3. The van der Waals surface area contributed by atoms with Crippen molar-refractivity contribution in [2.24, 2.45) is 17.2 Å². The Hall–Kier alpha value is -0.240. The van der Waals surface area contributed by atoms with Crippen LogP contribution in [0.25, 0.3) is 0 Å². The number of hydrazine groups is 2. The maximum atomic E-state index is 5.75. The highest BCUT2D eigenvalue weighted by Gasteiger charge is 2.36. The zero-order valence-electron chi connectivity index (χ0n) is 5.89. The SMILES string of the molecule is CC1(N)C(N)NNNC1N. The number of hydrogen-bond donors (Lipinski definition) is 6. The molecule has 10 heavy (non-hydrogen) atoms. The molecular weight excluding hydrogens is 132 g/mol. The highest BCUT2D eigenvalue weighted by molar-refractivity contribution is 4.97. The molecule has 0 aromatic carbocycles. The van der Waals surface area contributed by atoms with E-state index in [9.17, 15) is 0 Å². The largest absolute Gasteiger partial charge is 0.320 e. The van der Waals surface area contributed by atoms with E-state index in [1.165, 1.54) is 0 Å². The van der Waals surface area contributed by atoms with E-state index in [1.807, 2.05) is 0 Å². The molecule has 0 amide bonds. The molecule has 0 aromatic heterocycles. The van der Waals surface area contributed by atoms with Gasteiger partial charge in [0.2, 0.25) is 0 Å². The minimum atomic E-state index is -0.634. The lowest BCUT2D eigenvalue weighted by molar-refractivity contribution is 0.138. The Morgan fingerprint density at radius 3 is 1.90 bits per heavy atom. The maximum absolute atomic E-state index is 5.75. The van der Waals surface area contributed by atoms with Crippen molar-refractivity contribution in [3.63, 3.8) is 0 Å². The van der Waals surface area contributed by atoms with Crippen LogP contribution in [-0.4, -0.2) is 17.9 Å². The molecule has 0 spiro atoms. The van der Waals surface area contributed by atoms with Crippen molar-refractivity contribution in [1.29, 1.82) is 0 Å². The van der Waals surface area contributed by atoms with E-state index >= 15 is 0 Å². The van der Waals surface area contributed by atoms with Gasteiger partial charge in [-0.15, -0.1) is 0 Å². The molecule has 1 aliphatic heterocycles. The molecule has 6 nitrogen and oxygen atoms in total. The Bertz CT molecular complexity index is 111. The van der Waals surface area contributed by atoms with Crippen molar-refractivity contribution in [3.05, 3.63) is 0 Å². The maximum Gasteiger partial charge on any atom is 0.0900 e. The summed E-state index contributed by atoms with van der Waals surface area (Å²) in [7, 11) is 0. The molecule has 9 N–H and O–H groups in total. The minimum absolute atomic E-state index is 0.344. The summed E-state index contributed by atoms with van der Waals surface area (Å²) in [6.45, 7) is 1.78. The van der Waals surface area contributed by atoms with Crippen LogP contribution in [0.5, 0.6) is 0 Å². The Balaban J connectivity index is 2.63. The summed E-state index contributed by atoms with van der Waals surface area (Å²) < 4.78 is 0. The number of nitrogens with one attached hydrogen (secondary N) is 3. The molecule has 6 heteroatoms. The molecule has 2 unspecified atom stereocenters. The topological polar surface area (TPSA) is 114 Å². The van der Waals surface area contributed by atoms with E-state index in [2.05, 4.69) is 16.4 Å². The Labute approximate surface area is 59.4 Å². The Morgan fingerprint density at radius 1 is 1.20 bits per heavy atom. The number of rotatable bonds is 0. The number of hydrogen-bond acceptors (Lipinski definition) is 6. The van der Waals surface area contributed by atoms with Crippen LogP contribution in [0.1, 0.15) is 6.92 Å². The van der Waals surface area contributed by atoms with E-state index < -0.39 is 5.54 Å². The van der Waals surface area contributed by atoms with Crippen molar-refractivity contribution in [2.75, 3.05) is 0 Å². The summed E-state index contributed by atoms with van der Waals surface area (Å²) in [5, 5.41) is 0. The van der Waals surface area contributed by atoms with Crippen LogP contribution in [0, 0.1) is 0 Å². The van der Waals surface area contributed by atoms with Crippen LogP contribution in [0.15, 0.2) is 0 Å². The van der Waals surface area contributed by atoms with Gasteiger partial charge in [0.25, 0.3) is 0 Å². The molecule has 1 fully saturated rings. The predicted molar refractivity (Wildman–Crippen MR) is 38.0 cm³/mol. The average molecular weight is 146 g/mol. The first-order valence-electron chi connectivity index (χ1n) is 3.11. The molecule has 1 rings (SSSR count). The van der Waals surface area contributed by atoms with E-state index in [1.54, 1.807) is 6.92 Å². The first-order valence-corrected chi connectivity index (χ1v) is 3.11. The van der Waals surface area contributed by atoms with E-state index in [0.29, 0.717) is 0 Å². The predicted octanol–water partition coefficient (Wildman–Crippen LogP) is -3.11. The lowest BCUT2D eigenvalue weighted by atomic mass is 9.96. The second-order valence-electron chi connectivity index (χ2n) is 2.74. The first-order chi connectivity index (χ1) is 4.55. The van der Waals surface area contributed by atoms with Gasteiger partial charge in [-0.1, -0.05) is 0 Å². The van der Waals surface area contributed by atoms with Gasteiger partial charge < -0.3 is 17.2 Å². The fourth-order valence-corrected chi connectivity index (χ4v) is 0.702. The second-order valence-corrected chi connectivity index (χ2v) is 2.74. The van der Waals surface area contributed by atoms with Crippen LogP contribution < -0.4 is 33.6 Å². The van der Waals surface area contributed by atoms with Crippen LogP contribution in [0.3, 0.4) is 0 Å². The van der Waals surface area contributed by atoms with E-state index in [0.717, 1.165) is 0 Å². The molecule has 0 aromatic rings. The number of nitrogens with two attached hydrogens (primary N) is 3. The normalized spacial score (nSPS) is 49.2. The summed E-state index contributed by atoms with van der Waals surface area (Å²) in [6.07, 6.45) is -0.688. The van der Waals surface area contributed by atoms with Crippen LogP contribution >= 0.6 is 0 Å². The fourth-order valence-electron chi connectivity index (χ4n) is 0.702. The molecular formula is C4H14N6. The standard InChI is InChI=1S/C4H14N6/c1-4(7)2(5)8-10-9-3(4)6/h2-3,8-10H,5-7H2,1H3. The third-order valence-electron chi connectivity index (χ3n) is 1.80. The van der Waals surface area contributed by atoms with Gasteiger partial charge >= 0.3 is 0 Å². The molecule has 0 aliphatic carbocycles. The van der Waals surface area contributed by atoms with Crippen molar-refractivity contribution in [3.8, 4) is 0 Å². The van der Waals surface area contributed by atoms with Crippen LogP contribution in [0.4, 0.5) is 0 Å². The molecule has 0 saturated carbocycles. The Kier molecular flexibility index (Phi) is 1.90. The van der Waals surface area contributed by atoms with Crippen LogP contribution in [0.2, 0.25) is 0 Å². The van der Waals surface area contributed by atoms with Gasteiger partial charge in [0.1, 0.15) is 0 Å². The molecule has 1 heterocycles. The quantitative estimate of drug-likeness (QED) is 0.215. The Morgan fingerprint density at radius 2 is 1.60 bits per heavy atom. The summed E-state index contributed by atoms with van der Waals surface area (Å²) >= 11 is 0. The molecule has 60 valence electrons. The highest BCUT2D eigenvalue weighted by Crippen LogP contribution is 2.05.